The smallest absolute Gasteiger partial charge is 0.303 e. The third kappa shape index (κ3) is 3.05. The van der Waals surface area contributed by atoms with Gasteiger partial charge in [-0.05, 0) is 24.5 Å². The predicted octanol–water partition coefficient (Wildman–Crippen LogP) is 2.95. The Morgan fingerprint density at radius 3 is 2.43 bits per heavy atom. The molecule has 1 rings (SSSR count). The summed E-state index contributed by atoms with van der Waals surface area (Å²) in [7, 11) is 0. The minimum atomic E-state index is -0.750. The van der Waals surface area contributed by atoms with Crippen LogP contribution in [0.25, 0.3) is 5.57 Å². The minimum Gasteiger partial charge on any atom is -0.481 e. The van der Waals surface area contributed by atoms with Crippen molar-refractivity contribution >= 4 is 11.5 Å². The lowest BCUT2D eigenvalue weighted by atomic mass is 10.0. The van der Waals surface area contributed by atoms with Crippen LogP contribution in [0.2, 0.25) is 0 Å². The Morgan fingerprint density at radius 1 is 1.29 bits per heavy atom. The third-order valence-electron chi connectivity index (χ3n) is 2.10. The number of carboxylic acids is 1. The molecule has 0 aliphatic rings. The standard InChI is InChI=1S/C12H14O2/c1-2-10(8-9-12(13)14)11-6-4-3-5-7-11/h2-7H,8-9H2,1H3,(H,13,14). The Balaban J connectivity index is 2.69. The van der Waals surface area contributed by atoms with Crippen molar-refractivity contribution in [2.75, 3.05) is 0 Å². The number of rotatable bonds is 4. The van der Waals surface area contributed by atoms with Crippen LogP contribution >= 0.6 is 0 Å². The average molecular weight is 190 g/mol. The van der Waals surface area contributed by atoms with Crippen molar-refractivity contribution in [2.45, 2.75) is 19.8 Å². The summed E-state index contributed by atoms with van der Waals surface area (Å²) in [5.41, 5.74) is 2.20. The van der Waals surface area contributed by atoms with Gasteiger partial charge in [-0.1, -0.05) is 36.4 Å². The van der Waals surface area contributed by atoms with E-state index in [0.29, 0.717) is 6.42 Å². The van der Waals surface area contributed by atoms with Gasteiger partial charge in [-0.25, -0.2) is 0 Å². The largest absolute Gasteiger partial charge is 0.481 e. The van der Waals surface area contributed by atoms with E-state index < -0.39 is 5.97 Å². The van der Waals surface area contributed by atoms with E-state index in [1.165, 1.54) is 0 Å². The van der Waals surface area contributed by atoms with Gasteiger partial charge in [-0.15, -0.1) is 0 Å². The van der Waals surface area contributed by atoms with Crippen molar-refractivity contribution in [3.63, 3.8) is 0 Å². The van der Waals surface area contributed by atoms with Gasteiger partial charge in [0.05, 0.1) is 0 Å². The van der Waals surface area contributed by atoms with Crippen LogP contribution in [-0.4, -0.2) is 11.1 Å². The van der Waals surface area contributed by atoms with Gasteiger partial charge in [0.1, 0.15) is 0 Å². The van der Waals surface area contributed by atoms with Crippen molar-refractivity contribution in [1.82, 2.24) is 0 Å². The molecule has 1 aromatic carbocycles. The first kappa shape index (κ1) is 10.5. The molecule has 0 heterocycles. The summed E-state index contributed by atoms with van der Waals surface area (Å²) in [6.45, 7) is 1.93. The Hall–Kier alpha value is -1.57. The van der Waals surface area contributed by atoms with Crippen molar-refractivity contribution in [3.8, 4) is 0 Å². The monoisotopic (exact) mass is 190 g/mol. The Labute approximate surface area is 83.9 Å². The molecule has 0 aromatic heterocycles. The molecule has 0 unspecified atom stereocenters. The maximum absolute atomic E-state index is 10.4. The molecule has 14 heavy (non-hydrogen) atoms. The van der Waals surface area contributed by atoms with Crippen molar-refractivity contribution in [1.29, 1.82) is 0 Å². The van der Waals surface area contributed by atoms with Crippen molar-refractivity contribution < 1.29 is 9.90 Å². The molecule has 0 bridgehead atoms. The molecule has 0 radical (unpaired) electrons. The summed E-state index contributed by atoms with van der Waals surface area (Å²) in [5.74, 6) is -0.750. The first-order chi connectivity index (χ1) is 6.74. The predicted molar refractivity (Wildman–Crippen MR) is 57.0 cm³/mol. The zero-order valence-corrected chi connectivity index (χ0v) is 8.23. The number of carboxylic acid groups (broad SMARTS) is 1. The molecule has 0 saturated carbocycles. The lowest BCUT2D eigenvalue weighted by molar-refractivity contribution is -0.136. The second-order valence-electron chi connectivity index (χ2n) is 3.07. The highest BCUT2D eigenvalue weighted by Gasteiger charge is 2.02. The number of allylic oxidation sites excluding steroid dienone is 2. The van der Waals surface area contributed by atoms with Crippen LogP contribution in [0.3, 0.4) is 0 Å². The van der Waals surface area contributed by atoms with Gasteiger partial charge >= 0.3 is 5.97 Å². The van der Waals surface area contributed by atoms with Gasteiger partial charge in [0.2, 0.25) is 0 Å². The molecular formula is C12H14O2. The van der Waals surface area contributed by atoms with E-state index in [2.05, 4.69) is 0 Å². The zero-order chi connectivity index (χ0) is 10.4. The third-order valence-corrected chi connectivity index (χ3v) is 2.10. The van der Waals surface area contributed by atoms with E-state index in [0.717, 1.165) is 11.1 Å². The summed E-state index contributed by atoms with van der Waals surface area (Å²) in [5, 5.41) is 8.58. The lowest BCUT2D eigenvalue weighted by Gasteiger charge is -2.04. The zero-order valence-electron chi connectivity index (χ0n) is 8.23. The minimum absolute atomic E-state index is 0.189. The highest BCUT2D eigenvalue weighted by molar-refractivity contribution is 5.72. The fourth-order valence-corrected chi connectivity index (χ4v) is 1.35. The average Bonchev–Trinajstić information content (AvgIpc) is 2.20. The van der Waals surface area contributed by atoms with Gasteiger partial charge < -0.3 is 5.11 Å². The van der Waals surface area contributed by atoms with Gasteiger partial charge in [0.15, 0.2) is 0 Å². The molecule has 74 valence electrons. The van der Waals surface area contributed by atoms with Crippen LogP contribution in [0.5, 0.6) is 0 Å². The Morgan fingerprint density at radius 2 is 1.93 bits per heavy atom. The summed E-state index contributed by atoms with van der Waals surface area (Å²) in [4.78, 5) is 10.4. The topological polar surface area (TPSA) is 37.3 Å². The van der Waals surface area contributed by atoms with E-state index in [4.69, 9.17) is 5.11 Å². The maximum atomic E-state index is 10.4. The first-order valence-electron chi connectivity index (χ1n) is 4.66. The summed E-state index contributed by atoms with van der Waals surface area (Å²) in [6, 6.07) is 9.86. The van der Waals surface area contributed by atoms with E-state index in [1.807, 2.05) is 43.3 Å². The number of aliphatic carboxylic acids is 1. The SMILES string of the molecule is CC=C(CCC(=O)O)c1ccccc1. The number of hydrogen-bond donors (Lipinski definition) is 1. The van der Waals surface area contributed by atoms with Crippen LogP contribution in [0, 0.1) is 0 Å². The van der Waals surface area contributed by atoms with Crippen LogP contribution in [0.4, 0.5) is 0 Å². The van der Waals surface area contributed by atoms with E-state index in [-0.39, 0.29) is 6.42 Å². The Bertz CT molecular complexity index is 325. The molecule has 0 atom stereocenters. The van der Waals surface area contributed by atoms with E-state index in [1.54, 1.807) is 0 Å². The van der Waals surface area contributed by atoms with Crippen LogP contribution in [0.1, 0.15) is 25.3 Å². The molecule has 1 aromatic rings. The molecular weight excluding hydrogens is 176 g/mol. The maximum Gasteiger partial charge on any atom is 0.303 e. The lowest BCUT2D eigenvalue weighted by Crippen LogP contribution is -1.95. The molecule has 0 saturated heterocycles. The second kappa shape index (κ2) is 5.22. The quantitative estimate of drug-likeness (QED) is 0.792. The number of carbonyl (C=O) groups is 1. The molecule has 1 N–H and O–H groups in total. The van der Waals surface area contributed by atoms with Gasteiger partial charge in [-0.3, -0.25) is 4.79 Å². The normalized spacial score (nSPS) is 11.4. The van der Waals surface area contributed by atoms with Crippen LogP contribution in [-0.2, 0) is 4.79 Å². The molecule has 0 aliphatic carbocycles. The summed E-state index contributed by atoms with van der Waals surface area (Å²) < 4.78 is 0. The highest BCUT2D eigenvalue weighted by Crippen LogP contribution is 2.19. The molecule has 0 spiro atoms. The van der Waals surface area contributed by atoms with Crippen LogP contribution < -0.4 is 0 Å². The molecule has 0 amide bonds. The van der Waals surface area contributed by atoms with Crippen molar-refractivity contribution in [2.24, 2.45) is 0 Å². The van der Waals surface area contributed by atoms with Gasteiger partial charge in [0.25, 0.3) is 0 Å². The number of benzene rings is 1. The molecule has 2 heteroatoms. The molecule has 2 nitrogen and oxygen atoms in total. The fraction of sp³-hybridized carbons (Fsp3) is 0.250. The molecule has 0 aliphatic heterocycles. The van der Waals surface area contributed by atoms with E-state index >= 15 is 0 Å². The summed E-state index contributed by atoms with van der Waals surface area (Å²) >= 11 is 0. The molecule has 0 fully saturated rings. The van der Waals surface area contributed by atoms with E-state index in [9.17, 15) is 4.79 Å². The van der Waals surface area contributed by atoms with Crippen molar-refractivity contribution in [3.05, 3.63) is 42.0 Å². The van der Waals surface area contributed by atoms with Gasteiger partial charge in [-0.2, -0.15) is 0 Å². The fourth-order valence-electron chi connectivity index (χ4n) is 1.35. The first-order valence-corrected chi connectivity index (χ1v) is 4.66. The number of hydrogen-bond acceptors (Lipinski definition) is 1. The Kier molecular flexibility index (Phi) is 3.92. The second-order valence-corrected chi connectivity index (χ2v) is 3.07. The highest BCUT2D eigenvalue weighted by atomic mass is 16.4. The van der Waals surface area contributed by atoms with Crippen LogP contribution in [0.15, 0.2) is 36.4 Å². The van der Waals surface area contributed by atoms with Gasteiger partial charge in [0, 0.05) is 6.42 Å². The summed E-state index contributed by atoms with van der Waals surface area (Å²) in [6.07, 6.45) is 2.75.